The van der Waals surface area contributed by atoms with Gasteiger partial charge in [-0.15, -0.1) is 0 Å². The molecule has 0 spiro atoms. The fraction of sp³-hybridized carbons (Fsp3) is 0.550. The predicted molar refractivity (Wildman–Crippen MR) is 116 cm³/mol. The van der Waals surface area contributed by atoms with Gasteiger partial charge in [-0.25, -0.2) is 0 Å². The number of rotatable bonds is 5. The zero-order valence-electron chi connectivity index (χ0n) is 16.4. The minimum Gasteiger partial charge on any atom is -0.490 e. The van der Waals surface area contributed by atoms with Crippen molar-refractivity contribution in [3.05, 3.63) is 23.3 Å². The quantitative estimate of drug-likeness (QED) is 0.707. The summed E-state index contributed by atoms with van der Waals surface area (Å²) in [4.78, 5) is 27.9. The van der Waals surface area contributed by atoms with Crippen LogP contribution in [-0.2, 0) is 16.0 Å². The third kappa shape index (κ3) is 4.51. The maximum absolute atomic E-state index is 12.4. The number of hydrogen-bond acceptors (Lipinski definition) is 7. The summed E-state index contributed by atoms with van der Waals surface area (Å²) in [5.74, 6) is 1.99. The molecule has 0 unspecified atom stereocenters. The van der Waals surface area contributed by atoms with Crippen LogP contribution in [-0.4, -0.2) is 71.1 Å². The molecule has 2 amide bonds. The van der Waals surface area contributed by atoms with E-state index < -0.39 is 0 Å². The van der Waals surface area contributed by atoms with E-state index in [2.05, 4.69) is 29.3 Å². The normalized spacial score (nSPS) is 21.7. The number of fused-ring (bicyclic) bond motifs is 2. The van der Waals surface area contributed by atoms with Crippen LogP contribution in [0.1, 0.15) is 30.5 Å². The van der Waals surface area contributed by atoms with Crippen LogP contribution >= 0.6 is 24.0 Å². The van der Waals surface area contributed by atoms with Gasteiger partial charge in [-0.3, -0.25) is 19.4 Å². The first-order valence-corrected chi connectivity index (χ1v) is 11.3. The van der Waals surface area contributed by atoms with Crippen LogP contribution in [0.3, 0.4) is 0 Å². The lowest BCUT2D eigenvalue weighted by Gasteiger charge is -2.35. The van der Waals surface area contributed by atoms with Gasteiger partial charge < -0.3 is 14.8 Å². The highest BCUT2D eigenvalue weighted by Gasteiger charge is 2.29. The molecule has 4 rings (SSSR count). The summed E-state index contributed by atoms with van der Waals surface area (Å²) in [6.45, 7) is 5.43. The fourth-order valence-electron chi connectivity index (χ4n) is 3.89. The standard InChI is InChI=1S/C20H25N3O4S2/c1-13-15-10-17-16(26-7-2-8-27-17)9-14(15)3-5-22(13)11-18(24)21-4-6-23-19(25)12-29-20(23)28/h9-10,13H,2-8,11-12H2,1H3,(H,21,24)/t13-/m1/s1. The highest BCUT2D eigenvalue weighted by Crippen LogP contribution is 2.38. The maximum Gasteiger partial charge on any atom is 0.238 e. The molecule has 156 valence electrons. The van der Waals surface area contributed by atoms with Crippen molar-refractivity contribution in [3.63, 3.8) is 0 Å². The highest BCUT2D eigenvalue weighted by atomic mass is 32.2. The molecule has 3 aliphatic rings. The first-order valence-electron chi connectivity index (χ1n) is 9.93. The van der Waals surface area contributed by atoms with Crippen molar-refractivity contribution >= 4 is 40.1 Å². The Bertz CT molecular complexity index is 816. The second-order valence-electron chi connectivity index (χ2n) is 7.39. The van der Waals surface area contributed by atoms with Gasteiger partial charge in [0.25, 0.3) is 0 Å². The van der Waals surface area contributed by atoms with Crippen LogP contribution in [0, 0.1) is 0 Å². The molecule has 9 heteroatoms. The molecule has 1 aromatic rings. The number of amides is 2. The minimum atomic E-state index is -0.0418. The summed E-state index contributed by atoms with van der Waals surface area (Å²) in [7, 11) is 0. The van der Waals surface area contributed by atoms with Crippen LogP contribution in [0.25, 0.3) is 0 Å². The van der Waals surface area contributed by atoms with Gasteiger partial charge in [0.05, 0.1) is 25.5 Å². The molecule has 0 aromatic heterocycles. The SMILES string of the molecule is C[C@@H]1c2cc3c(cc2CCN1CC(=O)NCCN1C(=O)CSC1=S)OCCCO3. The largest absolute Gasteiger partial charge is 0.490 e. The van der Waals surface area contributed by atoms with Gasteiger partial charge >= 0.3 is 0 Å². The van der Waals surface area contributed by atoms with Crippen molar-refractivity contribution in [2.24, 2.45) is 0 Å². The Morgan fingerprint density at radius 2 is 2.07 bits per heavy atom. The molecule has 1 N–H and O–H groups in total. The van der Waals surface area contributed by atoms with E-state index in [1.54, 1.807) is 4.90 Å². The zero-order chi connectivity index (χ0) is 20.4. The number of thiocarbonyl (C=S) groups is 1. The lowest BCUT2D eigenvalue weighted by atomic mass is 9.93. The number of nitrogens with zero attached hydrogens (tertiary/aromatic N) is 2. The Hall–Kier alpha value is -1.84. The average Bonchev–Trinajstić information content (AvgIpc) is 2.90. The molecule has 7 nitrogen and oxygen atoms in total. The van der Waals surface area contributed by atoms with Crippen molar-refractivity contribution < 1.29 is 19.1 Å². The number of ether oxygens (including phenoxy) is 2. The summed E-state index contributed by atoms with van der Waals surface area (Å²) in [5, 5.41) is 2.91. The molecule has 1 fully saturated rings. The van der Waals surface area contributed by atoms with Crippen molar-refractivity contribution in [3.8, 4) is 11.5 Å². The summed E-state index contributed by atoms with van der Waals surface area (Å²) in [6.07, 6.45) is 1.75. The summed E-state index contributed by atoms with van der Waals surface area (Å²) < 4.78 is 12.2. The lowest BCUT2D eigenvalue weighted by molar-refractivity contribution is -0.125. The number of thioether (sulfide) groups is 1. The monoisotopic (exact) mass is 435 g/mol. The van der Waals surface area contributed by atoms with Gasteiger partial charge in [-0.1, -0.05) is 24.0 Å². The van der Waals surface area contributed by atoms with Gasteiger partial charge in [0.1, 0.15) is 4.32 Å². The van der Waals surface area contributed by atoms with Gasteiger partial charge in [0.2, 0.25) is 11.8 Å². The molecule has 0 aliphatic carbocycles. The molecule has 1 atom stereocenters. The first-order chi connectivity index (χ1) is 14.0. The van der Waals surface area contributed by atoms with Gasteiger partial charge in [-0.05, 0) is 36.6 Å². The van der Waals surface area contributed by atoms with E-state index in [0.717, 1.165) is 30.9 Å². The zero-order valence-corrected chi connectivity index (χ0v) is 18.1. The third-order valence-corrected chi connectivity index (χ3v) is 6.95. The molecule has 1 saturated heterocycles. The summed E-state index contributed by atoms with van der Waals surface area (Å²) >= 11 is 6.53. The molecule has 0 radical (unpaired) electrons. The maximum atomic E-state index is 12.4. The van der Waals surface area contributed by atoms with E-state index in [1.807, 2.05) is 0 Å². The molecule has 3 heterocycles. The smallest absolute Gasteiger partial charge is 0.238 e. The van der Waals surface area contributed by atoms with E-state index in [-0.39, 0.29) is 17.9 Å². The molecule has 0 saturated carbocycles. The number of hydrogen-bond donors (Lipinski definition) is 1. The van der Waals surface area contributed by atoms with Gasteiger partial charge in [-0.2, -0.15) is 0 Å². The topological polar surface area (TPSA) is 71.1 Å². The summed E-state index contributed by atoms with van der Waals surface area (Å²) in [6, 6.07) is 4.28. The predicted octanol–water partition coefficient (Wildman–Crippen LogP) is 1.74. The van der Waals surface area contributed by atoms with Crippen molar-refractivity contribution in [1.82, 2.24) is 15.1 Å². The number of carbonyl (C=O) groups excluding carboxylic acids is 2. The van der Waals surface area contributed by atoms with Crippen LogP contribution in [0.5, 0.6) is 11.5 Å². The van der Waals surface area contributed by atoms with Crippen molar-refractivity contribution in [1.29, 1.82) is 0 Å². The Morgan fingerprint density at radius 3 is 2.79 bits per heavy atom. The van der Waals surface area contributed by atoms with E-state index in [0.29, 0.717) is 42.9 Å². The van der Waals surface area contributed by atoms with Gasteiger partial charge in [0, 0.05) is 32.1 Å². The molecular formula is C20H25N3O4S2. The van der Waals surface area contributed by atoms with Crippen LogP contribution in [0.15, 0.2) is 12.1 Å². The Balaban J connectivity index is 1.33. The molecular weight excluding hydrogens is 410 g/mol. The van der Waals surface area contributed by atoms with Gasteiger partial charge in [0.15, 0.2) is 11.5 Å². The van der Waals surface area contributed by atoms with Crippen molar-refractivity contribution in [2.45, 2.75) is 25.8 Å². The molecule has 0 bridgehead atoms. The molecule has 1 aromatic carbocycles. The number of nitrogens with one attached hydrogen (secondary N) is 1. The molecule has 3 aliphatic heterocycles. The first kappa shape index (κ1) is 20.4. The minimum absolute atomic E-state index is 0.0147. The van der Waals surface area contributed by atoms with Crippen LogP contribution in [0.2, 0.25) is 0 Å². The Kier molecular flexibility index (Phi) is 6.26. The van der Waals surface area contributed by atoms with E-state index in [1.165, 1.54) is 22.9 Å². The second-order valence-corrected chi connectivity index (χ2v) is 9.00. The van der Waals surface area contributed by atoms with Crippen LogP contribution < -0.4 is 14.8 Å². The Labute approximate surface area is 180 Å². The van der Waals surface area contributed by atoms with E-state index in [4.69, 9.17) is 21.7 Å². The number of carbonyl (C=O) groups is 2. The lowest BCUT2D eigenvalue weighted by Crippen LogP contribution is -2.44. The highest BCUT2D eigenvalue weighted by molar-refractivity contribution is 8.23. The molecule has 29 heavy (non-hydrogen) atoms. The second kappa shape index (κ2) is 8.89. The Morgan fingerprint density at radius 1 is 1.31 bits per heavy atom. The van der Waals surface area contributed by atoms with E-state index in [9.17, 15) is 9.59 Å². The third-order valence-electron chi connectivity index (χ3n) is 5.52. The fourth-order valence-corrected chi connectivity index (χ4v) is 5.01. The summed E-state index contributed by atoms with van der Waals surface area (Å²) in [5.41, 5.74) is 2.45. The van der Waals surface area contributed by atoms with Crippen molar-refractivity contribution in [2.75, 3.05) is 45.1 Å². The van der Waals surface area contributed by atoms with E-state index >= 15 is 0 Å². The average molecular weight is 436 g/mol. The number of benzene rings is 1. The van der Waals surface area contributed by atoms with Crippen LogP contribution in [0.4, 0.5) is 0 Å².